The van der Waals surface area contributed by atoms with Gasteiger partial charge in [-0.05, 0) is 37.3 Å². The molecule has 162 valence electrons. The Labute approximate surface area is 183 Å². The standard InChI is InChI=1S/C21H22N4O5S/c1-12(20(26)22-14-6-8-16-18(10-14)30-11-29-16)31-21-24-23-19(25(21)2)13-5-7-15(27-3)17(9-13)28-4/h5-10,12H,11H2,1-4H3,(H,22,26). The first-order valence-corrected chi connectivity index (χ1v) is 10.4. The monoisotopic (exact) mass is 442 g/mol. The Bertz CT molecular complexity index is 1120. The van der Waals surface area contributed by atoms with Gasteiger partial charge in [0.1, 0.15) is 0 Å². The largest absolute Gasteiger partial charge is 0.493 e. The highest BCUT2D eigenvalue weighted by atomic mass is 32.2. The molecule has 1 atom stereocenters. The second kappa shape index (κ2) is 8.76. The Hall–Kier alpha value is -3.40. The first-order chi connectivity index (χ1) is 15.0. The Balaban J connectivity index is 1.46. The minimum Gasteiger partial charge on any atom is -0.493 e. The van der Waals surface area contributed by atoms with Gasteiger partial charge in [0.15, 0.2) is 34.0 Å². The molecule has 0 bridgehead atoms. The molecular formula is C21H22N4O5S. The fourth-order valence-corrected chi connectivity index (χ4v) is 3.89. The van der Waals surface area contributed by atoms with Gasteiger partial charge in [0.25, 0.3) is 0 Å². The lowest BCUT2D eigenvalue weighted by molar-refractivity contribution is -0.115. The quantitative estimate of drug-likeness (QED) is 0.557. The zero-order valence-corrected chi connectivity index (χ0v) is 18.4. The molecule has 0 saturated carbocycles. The summed E-state index contributed by atoms with van der Waals surface area (Å²) in [6, 6.07) is 10.8. The van der Waals surface area contributed by atoms with E-state index < -0.39 is 5.25 Å². The Kier molecular flexibility index (Phi) is 5.90. The Morgan fingerprint density at radius 2 is 1.87 bits per heavy atom. The van der Waals surface area contributed by atoms with Gasteiger partial charge in [-0.3, -0.25) is 4.79 Å². The van der Waals surface area contributed by atoms with Crippen LogP contribution in [0.3, 0.4) is 0 Å². The average Bonchev–Trinajstić information content (AvgIpc) is 3.39. The molecule has 0 aliphatic carbocycles. The summed E-state index contributed by atoms with van der Waals surface area (Å²) in [5.74, 6) is 3.03. The van der Waals surface area contributed by atoms with Gasteiger partial charge in [-0.15, -0.1) is 10.2 Å². The number of carbonyl (C=O) groups is 1. The highest BCUT2D eigenvalue weighted by Gasteiger charge is 2.21. The normalized spacial score (nSPS) is 13.0. The highest BCUT2D eigenvalue weighted by Crippen LogP contribution is 2.35. The molecule has 0 saturated heterocycles. The molecule has 31 heavy (non-hydrogen) atoms. The van der Waals surface area contributed by atoms with E-state index in [-0.39, 0.29) is 12.7 Å². The zero-order chi connectivity index (χ0) is 22.0. The van der Waals surface area contributed by atoms with E-state index in [0.717, 1.165) is 5.56 Å². The van der Waals surface area contributed by atoms with Gasteiger partial charge >= 0.3 is 0 Å². The van der Waals surface area contributed by atoms with Gasteiger partial charge in [-0.2, -0.15) is 0 Å². The van der Waals surface area contributed by atoms with E-state index in [1.54, 1.807) is 32.4 Å². The molecule has 9 nitrogen and oxygen atoms in total. The van der Waals surface area contributed by atoms with Crippen molar-refractivity contribution in [3.63, 3.8) is 0 Å². The molecule has 0 radical (unpaired) electrons. The molecular weight excluding hydrogens is 420 g/mol. The van der Waals surface area contributed by atoms with Crippen molar-refractivity contribution < 1.29 is 23.7 Å². The van der Waals surface area contributed by atoms with Crippen molar-refractivity contribution in [3.05, 3.63) is 36.4 Å². The molecule has 1 N–H and O–H groups in total. The van der Waals surface area contributed by atoms with E-state index in [4.69, 9.17) is 18.9 Å². The summed E-state index contributed by atoms with van der Waals surface area (Å²) in [5, 5.41) is 11.7. The molecule has 0 fully saturated rings. The van der Waals surface area contributed by atoms with Crippen LogP contribution in [0.4, 0.5) is 5.69 Å². The van der Waals surface area contributed by atoms with Crippen LogP contribution in [0, 0.1) is 0 Å². The van der Waals surface area contributed by atoms with Crippen molar-refractivity contribution >= 4 is 23.4 Å². The number of carbonyl (C=O) groups excluding carboxylic acids is 1. The second-order valence-corrected chi connectivity index (χ2v) is 8.06. The van der Waals surface area contributed by atoms with Crippen LogP contribution < -0.4 is 24.3 Å². The van der Waals surface area contributed by atoms with Crippen LogP contribution in [0.2, 0.25) is 0 Å². The second-order valence-electron chi connectivity index (χ2n) is 6.75. The molecule has 10 heteroatoms. The number of aromatic nitrogens is 3. The third-order valence-corrected chi connectivity index (χ3v) is 5.90. The van der Waals surface area contributed by atoms with Gasteiger partial charge in [0, 0.05) is 24.4 Å². The van der Waals surface area contributed by atoms with Crippen molar-refractivity contribution in [1.82, 2.24) is 14.8 Å². The number of benzene rings is 2. The van der Waals surface area contributed by atoms with Crippen LogP contribution in [0.25, 0.3) is 11.4 Å². The number of nitrogens with zero attached hydrogens (tertiary/aromatic N) is 3. The molecule has 4 rings (SSSR count). The maximum Gasteiger partial charge on any atom is 0.237 e. The third kappa shape index (κ3) is 4.24. The number of fused-ring (bicyclic) bond motifs is 1. The van der Waals surface area contributed by atoms with Crippen molar-refractivity contribution in [2.24, 2.45) is 7.05 Å². The summed E-state index contributed by atoms with van der Waals surface area (Å²) in [6.45, 7) is 2.01. The lowest BCUT2D eigenvalue weighted by Crippen LogP contribution is -2.22. The number of hydrogen-bond acceptors (Lipinski definition) is 8. The van der Waals surface area contributed by atoms with Crippen molar-refractivity contribution in [3.8, 4) is 34.4 Å². The summed E-state index contributed by atoms with van der Waals surface area (Å²) in [7, 11) is 5.03. The van der Waals surface area contributed by atoms with Crippen LogP contribution in [-0.2, 0) is 11.8 Å². The zero-order valence-electron chi connectivity index (χ0n) is 17.5. The molecule has 1 aromatic heterocycles. The van der Waals surface area contributed by atoms with Crippen molar-refractivity contribution in [2.75, 3.05) is 26.3 Å². The smallest absolute Gasteiger partial charge is 0.237 e. The molecule has 2 aromatic carbocycles. The number of anilines is 1. The molecule has 1 unspecified atom stereocenters. The predicted octanol–water partition coefficient (Wildman–Crippen LogP) is 3.35. The maximum absolute atomic E-state index is 12.7. The first-order valence-electron chi connectivity index (χ1n) is 9.49. The Morgan fingerprint density at radius 1 is 1.10 bits per heavy atom. The van der Waals surface area contributed by atoms with E-state index in [1.165, 1.54) is 11.8 Å². The van der Waals surface area contributed by atoms with Gasteiger partial charge in [-0.1, -0.05) is 11.8 Å². The predicted molar refractivity (Wildman–Crippen MR) is 116 cm³/mol. The minimum absolute atomic E-state index is 0.153. The number of ether oxygens (including phenoxy) is 4. The third-order valence-electron chi connectivity index (χ3n) is 4.77. The lowest BCUT2D eigenvalue weighted by Gasteiger charge is -2.12. The van der Waals surface area contributed by atoms with E-state index in [2.05, 4.69) is 15.5 Å². The number of amides is 1. The van der Waals surface area contributed by atoms with Crippen molar-refractivity contribution in [1.29, 1.82) is 0 Å². The summed E-state index contributed by atoms with van der Waals surface area (Å²) in [5.41, 5.74) is 1.47. The number of hydrogen-bond donors (Lipinski definition) is 1. The summed E-state index contributed by atoms with van der Waals surface area (Å²) < 4.78 is 23.1. The summed E-state index contributed by atoms with van der Waals surface area (Å²) in [4.78, 5) is 12.7. The van der Waals surface area contributed by atoms with E-state index in [9.17, 15) is 4.79 Å². The van der Waals surface area contributed by atoms with Gasteiger partial charge in [0.2, 0.25) is 12.7 Å². The van der Waals surface area contributed by atoms with Crippen LogP contribution in [0.1, 0.15) is 6.92 Å². The average molecular weight is 442 g/mol. The molecule has 1 amide bonds. The van der Waals surface area contributed by atoms with E-state index in [0.29, 0.717) is 39.7 Å². The maximum atomic E-state index is 12.7. The number of nitrogens with one attached hydrogen (secondary N) is 1. The molecule has 3 aromatic rings. The molecule has 0 spiro atoms. The van der Waals surface area contributed by atoms with Crippen LogP contribution >= 0.6 is 11.8 Å². The highest BCUT2D eigenvalue weighted by molar-refractivity contribution is 8.00. The van der Waals surface area contributed by atoms with Gasteiger partial charge in [-0.25, -0.2) is 0 Å². The molecule has 2 heterocycles. The van der Waals surface area contributed by atoms with Crippen LogP contribution in [0.5, 0.6) is 23.0 Å². The van der Waals surface area contributed by atoms with Crippen LogP contribution in [-0.4, -0.2) is 46.9 Å². The minimum atomic E-state index is -0.397. The summed E-state index contributed by atoms with van der Waals surface area (Å²) in [6.07, 6.45) is 0. The number of thioether (sulfide) groups is 1. The first kappa shape index (κ1) is 20.9. The fraction of sp³-hybridized carbons (Fsp3) is 0.286. The number of methoxy groups -OCH3 is 2. The van der Waals surface area contributed by atoms with E-state index in [1.807, 2.05) is 36.7 Å². The van der Waals surface area contributed by atoms with Gasteiger partial charge in [0.05, 0.1) is 19.5 Å². The molecule has 1 aliphatic rings. The van der Waals surface area contributed by atoms with E-state index >= 15 is 0 Å². The van der Waals surface area contributed by atoms with Crippen molar-refractivity contribution in [2.45, 2.75) is 17.3 Å². The SMILES string of the molecule is COc1ccc(-c2nnc(SC(C)C(=O)Nc3ccc4c(c3)OCO4)n2C)cc1OC. The summed E-state index contributed by atoms with van der Waals surface area (Å²) >= 11 is 1.32. The van der Waals surface area contributed by atoms with Crippen LogP contribution in [0.15, 0.2) is 41.6 Å². The topological polar surface area (TPSA) is 96.7 Å². The lowest BCUT2D eigenvalue weighted by atomic mass is 10.2. The fourth-order valence-electron chi connectivity index (χ4n) is 3.07. The number of rotatable bonds is 7. The molecule has 1 aliphatic heterocycles. The Morgan fingerprint density at radius 3 is 2.65 bits per heavy atom. The van der Waals surface area contributed by atoms with Gasteiger partial charge < -0.3 is 28.8 Å².